The number of carbonyl (C=O) groups excluding carboxylic acids is 2. The predicted octanol–water partition coefficient (Wildman–Crippen LogP) is 4.05. The number of anilines is 1. The minimum absolute atomic E-state index is 0.00170. The summed E-state index contributed by atoms with van der Waals surface area (Å²) in [6, 6.07) is 13.3. The number of aromatic nitrogens is 1. The molecule has 7 heteroatoms. The van der Waals surface area contributed by atoms with Crippen LogP contribution in [0.15, 0.2) is 66.5 Å². The van der Waals surface area contributed by atoms with Gasteiger partial charge in [0.05, 0.1) is 11.6 Å². The number of fused-ring (bicyclic) bond motifs is 1. The Labute approximate surface area is 184 Å². The normalized spacial score (nSPS) is 18.9. The number of hydrogen-bond donors (Lipinski definition) is 1. The number of aryl methyl sites for hydroxylation is 2. The highest BCUT2D eigenvalue weighted by Crippen LogP contribution is 2.44. The lowest BCUT2D eigenvalue weighted by atomic mass is 9.95. The molecule has 2 aliphatic rings. The first-order chi connectivity index (χ1) is 15.5. The number of Topliss-reactive ketones (excluding diaryl/α,β-unsaturated/α-hetero) is 1. The maximum atomic E-state index is 13.2. The van der Waals surface area contributed by atoms with Crippen LogP contribution in [0, 0.1) is 13.8 Å². The standard InChI is InChI=1S/C25H20N2O5/c1-14-5-7-18(15(2)10-14)27-22(17-4-3-9-26-12-17)21(24(29)25(27)30)23(28)16-6-8-19-20(11-16)32-13-31-19/h3-12,22,28H,13H2,1-2H3/b23-21-. The molecular formula is C25H20N2O5. The van der Waals surface area contributed by atoms with Gasteiger partial charge in [-0.05, 0) is 55.3 Å². The molecule has 0 saturated carbocycles. The number of ether oxygens (including phenoxy) is 2. The van der Waals surface area contributed by atoms with E-state index in [0.717, 1.165) is 11.1 Å². The number of nitrogens with zero attached hydrogens (tertiary/aromatic N) is 2. The van der Waals surface area contributed by atoms with Crippen molar-refractivity contribution in [2.75, 3.05) is 11.7 Å². The molecule has 2 aromatic carbocycles. The molecule has 7 nitrogen and oxygen atoms in total. The van der Waals surface area contributed by atoms with Crippen LogP contribution in [-0.4, -0.2) is 28.6 Å². The first-order valence-electron chi connectivity index (χ1n) is 10.1. The zero-order valence-electron chi connectivity index (χ0n) is 17.5. The van der Waals surface area contributed by atoms with E-state index in [1.807, 2.05) is 32.0 Å². The fraction of sp³-hybridized carbons (Fsp3) is 0.160. The van der Waals surface area contributed by atoms with E-state index in [1.54, 1.807) is 42.7 Å². The van der Waals surface area contributed by atoms with Gasteiger partial charge < -0.3 is 14.6 Å². The Hall–Kier alpha value is -4.13. The van der Waals surface area contributed by atoms with Crippen LogP contribution in [0.3, 0.4) is 0 Å². The van der Waals surface area contributed by atoms with Crippen molar-refractivity contribution in [1.29, 1.82) is 0 Å². The van der Waals surface area contributed by atoms with Crippen LogP contribution in [0.25, 0.3) is 5.76 Å². The van der Waals surface area contributed by atoms with E-state index < -0.39 is 17.7 Å². The van der Waals surface area contributed by atoms with Crippen molar-refractivity contribution in [3.8, 4) is 11.5 Å². The Morgan fingerprint density at radius 3 is 2.62 bits per heavy atom. The molecular weight excluding hydrogens is 408 g/mol. The number of benzene rings is 2. The average molecular weight is 428 g/mol. The number of pyridine rings is 1. The summed E-state index contributed by atoms with van der Waals surface area (Å²) < 4.78 is 10.7. The van der Waals surface area contributed by atoms with Gasteiger partial charge in [-0.2, -0.15) is 0 Å². The molecule has 1 aromatic heterocycles. The van der Waals surface area contributed by atoms with Crippen molar-refractivity contribution in [3.05, 3.63) is 88.8 Å². The van der Waals surface area contributed by atoms with Gasteiger partial charge >= 0.3 is 0 Å². The molecule has 0 radical (unpaired) electrons. The Kier molecular flexibility index (Phi) is 4.66. The van der Waals surface area contributed by atoms with Gasteiger partial charge in [-0.25, -0.2) is 0 Å². The molecule has 1 atom stereocenters. The number of carbonyl (C=O) groups is 2. The summed E-state index contributed by atoms with van der Waals surface area (Å²) in [6.07, 6.45) is 3.21. The van der Waals surface area contributed by atoms with Gasteiger partial charge in [0.25, 0.3) is 11.7 Å². The van der Waals surface area contributed by atoms with Crippen LogP contribution in [0.2, 0.25) is 0 Å². The lowest BCUT2D eigenvalue weighted by Gasteiger charge is -2.26. The van der Waals surface area contributed by atoms with Crippen molar-refractivity contribution < 1.29 is 24.2 Å². The fourth-order valence-electron chi connectivity index (χ4n) is 4.21. The molecule has 0 spiro atoms. The van der Waals surface area contributed by atoms with Crippen molar-refractivity contribution in [2.24, 2.45) is 0 Å². The van der Waals surface area contributed by atoms with E-state index in [0.29, 0.717) is 28.3 Å². The smallest absolute Gasteiger partial charge is 0.300 e. The molecule has 1 unspecified atom stereocenters. The molecule has 32 heavy (non-hydrogen) atoms. The number of ketones is 1. The summed E-state index contributed by atoms with van der Waals surface area (Å²) in [5.41, 5.74) is 3.49. The number of aliphatic hydroxyl groups is 1. The summed E-state index contributed by atoms with van der Waals surface area (Å²) in [4.78, 5) is 32.0. The van der Waals surface area contributed by atoms with E-state index >= 15 is 0 Å². The van der Waals surface area contributed by atoms with Gasteiger partial charge in [0.15, 0.2) is 11.5 Å². The molecule has 1 amide bonds. The van der Waals surface area contributed by atoms with E-state index in [4.69, 9.17) is 9.47 Å². The third-order valence-electron chi connectivity index (χ3n) is 5.70. The van der Waals surface area contributed by atoms with Gasteiger partial charge in [0.2, 0.25) is 6.79 Å². The molecule has 0 aliphatic carbocycles. The number of hydrogen-bond acceptors (Lipinski definition) is 6. The Balaban J connectivity index is 1.71. The molecule has 1 N–H and O–H groups in total. The van der Waals surface area contributed by atoms with Gasteiger partial charge in [-0.1, -0.05) is 23.8 Å². The third kappa shape index (κ3) is 3.10. The van der Waals surface area contributed by atoms with E-state index in [1.165, 1.54) is 4.90 Å². The van der Waals surface area contributed by atoms with Crippen LogP contribution in [0.5, 0.6) is 11.5 Å². The highest BCUT2D eigenvalue weighted by molar-refractivity contribution is 6.51. The van der Waals surface area contributed by atoms with E-state index in [-0.39, 0.29) is 18.1 Å². The Bertz CT molecular complexity index is 1280. The van der Waals surface area contributed by atoms with Gasteiger partial charge in [-0.15, -0.1) is 0 Å². The number of rotatable bonds is 3. The molecule has 2 aliphatic heterocycles. The number of amides is 1. The highest BCUT2D eigenvalue weighted by Gasteiger charge is 2.47. The lowest BCUT2D eigenvalue weighted by Crippen LogP contribution is -2.30. The SMILES string of the molecule is Cc1ccc(N2C(=O)C(=O)/C(=C(\O)c3ccc4c(c3)OCO4)C2c2cccnc2)c(C)c1. The molecule has 1 saturated heterocycles. The summed E-state index contributed by atoms with van der Waals surface area (Å²) in [6.45, 7) is 3.94. The Morgan fingerprint density at radius 2 is 1.88 bits per heavy atom. The monoisotopic (exact) mass is 428 g/mol. The molecule has 0 bridgehead atoms. The average Bonchev–Trinajstić information content (AvgIpc) is 3.36. The van der Waals surface area contributed by atoms with Crippen molar-refractivity contribution in [2.45, 2.75) is 19.9 Å². The van der Waals surface area contributed by atoms with Gasteiger partial charge in [-0.3, -0.25) is 19.5 Å². The van der Waals surface area contributed by atoms with Crippen LogP contribution in [0.1, 0.15) is 28.3 Å². The molecule has 5 rings (SSSR count). The van der Waals surface area contributed by atoms with Crippen molar-refractivity contribution in [1.82, 2.24) is 4.98 Å². The second-order valence-corrected chi connectivity index (χ2v) is 7.81. The zero-order valence-corrected chi connectivity index (χ0v) is 17.5. The molecule has 1 fully saturated rings. The summed E-state index contributed by atoms with van der Waals surface area (Å²) in [7, 11) is 0. The van der Waals surface area contributed by atoms with Gasteiger partial charge in [0.1, 0.15) is 5.76 Å². The second kappa shape index (κ2) is 7.53. The van der Waals surface area contributed by atoms with Gasteiger partial charge in [0, 0.05) is 23.6 Å². The quantitative estimate of drug-likeness (QED) is 0.385. The zero-order chi connectivity index (χ0) is 22.4. The Morgan fingerprint density at radius 1 is 1.06 bits per heavy atom. The fourth-order valence-corrected chi connectivity index (χ4v) is 4.21. The topological polar surface area (TPSA) is 89.0 Å². The minimum atomic E-state index is -0.824. The highest BCUT2D eigenvalue weighted by atomic mass is 16.7. The van der Waals surface area contributed by atoms with E-state index in [2.05, 4.69) is 4.98 Å². The third-order valence-corrected chi connectivity index (χ3v) is 5.70. The van der Waals surface area contributed by atoms with Crippen LogP contribution < -0.4 is 14.4 Å². The maximum absolute atomic E-state index is 13.2. The van der Waals surface area contributed by atoms with Crippen molar-refractivity contribution >= 4 is 23.1 Å². The van der Waals surface area contributed by atoms with Crippen LogP contribution in [0.4, 0.5) is 5.69 Å². The minimum Gasteiger partial charge on any atom is -0.507 e. The molecule has 3 aromatic rings. The summed E-state index contributed by atoms with van der Waals surface area (Å²) in [5.74, 6) is -0.707. The van der Waals surface area contributed by atoms with Crippen molar-refractivity contribution in [3.63, 3.8) is 0 Å². The van der Waals surface area contributed by atoms with E-state index in [9.17, 15) is 14.7 Å². The first kappa shape index (κ1) is 19.8. The summed E-state index contributed by atoms with van der Waals surface area (Å²) >= 11 is 0. The molecule has 160 valence electrons. The summed E-state index contributed by atoms with van der Waals surface area (Å²) in [5, 5.41) is 11.2. The first-order valence-corrected chi connectivity index (χ1v) is 10.1. The largest absolute Gasteiger partial charge is 0.507 e. The second-order valence-electron chi connectivity index (χ2n) is 7.81. The van der Waals surface area contributed by atoms with Crippen LogP contribution >= 0.6 is 0 Å². The maximum Gasteiger partial charge on any atom is 0.300 e. The predicted molar refractivity (Wildman–Crippen MR) is 118 cm³/mol. The van der Waals surface area contributed by atoms with Crippen LogP contribution in [-0.2, 0) is 9.59 Å². The lowest BCUT2D eigenvalue weighted by molar-refractivity contribution is -0.132. The number of aliphatic hydroxyl groups excluding tert-OH is 1. The molecule has 3 heterocycles.